The van der Waals surface area contributed by atoms with E-state index in [1.165, 1.54) is 18.2 Å². The van der Waals surface area contributed by atoms with Crippen molar-refractivity contribution in [2.24, 2.45) is 13.0 Å². The predicted octanol–water partition coefficient (Wildman–Crippen LogP) is 4.33. The van der Waals surface area contributed by atoms with Gasteiger partial charge in [-0.15, -0.1) is 0 Å². The van der Waals surface area contributed by atoms with Crippen LogP contribution in [0.5, 0.6) is 0 Å². The third-order valence-electron chi connectivity index (χ3n) is 5.61. The molecule has 0 aliphatic carbocycles. The number of rotatable bonds is 10. The van der Waals surface area contributed by atoms with Crippen molar-refractivity contribution in [3.63, 3.8) is 0 Å². The molecule has 0 aliphatic heterocycles. The van der Waals surface area contributed by atoms with Gasteiger partial charge in [0.1, 0.15) is 18.0 Å². The van der Waals surface area contributed by atoms with Crippen molar-refractivity contribution in [3.8, 4) is 11.3 Å². The number of aromatic nitrogens is 5. The molecular weight excluding hydrogens is 530 g/mol. The van der Waals surface area contributed by atoms with E-state index in [1.54, 1.807) is 30.1 Å². The largest absolute Gasteiger partial charge is 0.353 e. The molecule has 0 radical (unpaired) electrons. The number of aromatic amines is 1. The molecule has 0 saturated heterocycles. The van der Waals surface area contributed by atoms with Gasteiger partial charge in [-0.2, -0.15) is 5.10 Å². The Morgan fingerprint density at radius 2 is 1.89 bits per heavy atom. The highest BCUT2D eigenvalue weighted by Crippen LogP contribution is 2.34. The molecule has 0 fully saturated rings. The molecule has 0 spiro atoms. The Morgan fingerprint density at radius 1 is 1.13 bits per heavy atom. The lowest BCUT2D eigenvalue weighted by molar-refractivity contribution is -0.120. The lowest BCUT2D eigenvalue weighted by atomic mass is 10.1. The number of nitrogens with zero attached hydrogens (tertiary/aromatic N) is 4. The molecule has 3 heterocycles. The highest BCUT2D eigenvalue weighted by atomic mass is 32.2. The number of sulfone groups is 1. The number of hydrogen-bond acceptors (Lipinski definition) is 7. The Labute approximate surface area is 214 Å². The minimum absolute atomic E-state index is 0.0114. The number of pyridine rings is 1. The molecule has 1 aromatic carbocycles. The topological polar surface area (TPSA) is 135 Å². The summed E-state index contributed by atoms with van der Waals surface area (Å²) in [5, 5.41) is 9.51. The van der Waals surface area contributed by atoms with Gasteiger partial charge in [-0.3, -0.25) is 18.3 Å². The molecule has 38 heavy (non-hydrogen) atoms. The number of carbonyl (C=O) groups is 1. The first kappa shape index (κ1) is 27.0. The predicted molar refractivity (Wildman–Crippen MR) is 133 cm³/mol. The van der Waals surface area contributed by atoms with Gasteiger partial charge in [0, 0.05) is 31.1 Å². The van der Waals surface area contributed by atoms with Gasteiger partial charge in [0.05, 0.1) is 34.6 Å². The van der Waals surface area contributed by atoms with Crippen LogP contribution in [0.1, 0.15) is 18.7 Å². The maximum atomic E-state index is 13.4. The molecule has 0 saturated carbocycles. The minimum atomic E-state index is -3.79. The van der Waals surface area contributed by atoms with Crippen molar-refractivity contribution < 1.29 is 30.8 Å². The second-order valence-corrected chi connectivity index (χ2v) is 10.5. The van der Waals surface area contributed by atoms with Crippen LogP contribution in [0.4, 0.5) is 34.8 Å². The summed E-state index contributed by atoms with van der Waals surface area (Å²) in [5.74, 6) is -3.02. The van der Waals surface area contributed by atoms with Gasteiger partial charge in [-0.1, -0.05) is 6.07 Å². The fraction of sp³-hybridized carbons (Fsp3) is 0.304. The second kappa shape index (κ2) is 10.8. The molecule has 15 heteroatoms. The smallest absolute Gasteiger partial charge is 0.295 e. The Bertz CT molecular complexity index is 1590. The number of carbonyl (C=O) groups excluding carboxylic acids is 1. The van der Waals surface area contributed by atoms with Crippen molar-refractivity contribution in [2.75, 3.05) is 30.2 Å². The second-order valence-electron chi connectivity index (χ2n) is 8.48. The van der Waals surface area contributed by atoms with Gasteiger partial charge in [0.15, 0.2) is 21.3 Å². The number of nitrogens with one attached hydrogen (secondary N) is 3. The van der Waals surface area contributed by atoms with E-state index in [-0.39, 0.29) is 39.7 Å². The SMILES string of the molecule is Cn1ccc(-c2ccc(Nc3cc(NC(=O)[C@H](CF)CCF)nc4nc(C(F)F)[nH]c34)c(S(C)(=O)=O)c2)n1. The summed E-state index contributed by atoms with van der Waals surface area (Å²) in [4.78, 5) is 22.5. The average molecular weight is 554 g/mol. The molecule has 0 bridgehead atoms. The molecule has 3 aromatic heterocycles. The summed E-state index contributed by atoms with van der Waals surface area (Å²) in [7, 11) is -2.08. The van der Waals surface area contributed by atoms with Gasteiger partial charge in [-0.05, 0) is 24.6 Å². The van der Waals surface area contributed by atoms with Crippen LogP contribution in [0.25, 0.3) is 22.4 Å². The number of anilines is 3. The Balaban J connectivity index is 1.79. The molecule has 0 aliphatic rings. The normalized spacial score (nSPS) is 12.7. The first-order valence-corrected chi connectivity index (χ1v) is 13.1. The number of amides is 1. The van der Waals surface area contributed by atoms with E-state index in [0.717, 1.165) is 6.26 Å². The van der Waals surface area contributed by atoms with Crippen LogP contribution in [-0.4, -0.2) is 58.7 Å². The average Bonchev–Trinajstić information content (AvgIpc) is 3.48. The minimum Gasteiger partial charge on any atom is -0.353 e. The summed E-state index contributed by atoms with van der Waals surface area (Å²) >= 11 is 0. The zero-order chi connectivity index (χ0) is 27.6. The first-order chi connectivity index (χ1) is 18.0. The molecule has 0 unspecified atom stereocenters. The number of fused-ring (bicyclic) bond motifs is 1. The number of halogens is 4. The van der Waals surface area contributed by atoms with Gasteiger partial charge in [0.2, 0.25) is 5.91 Å². The van der Waals surface area contributed by atoms with E-state index >= 15 is 0 Å². The van der Waals surface area contributed by atoms with E-state index in [0.29, 0.717) is 11.3 Å². The number of benzene rings is 1. The van der Waals surface area contributed by atoms with Crippen LogP contribution in [0.3, 0.4) is 0 Å². The van der Waals surface area contributed by atoms with Crippen molar-refractivity contribution >= 4 is 44.1 Å². The highest BCUT2D eigenvalue weighted by molar-refractivity contribution is 7.90. The molecule has 1 atom stereocenters. The van der Waals surface area contributed by atoms with Crippen LogP contribution in [0.2, 0.25) is 0 Å². The van der Waals surface area contributed by atoms with E-state index in [4.69, 9.17) is 0 Å². The van der Waals surface area contributed by atoms with Crippen LogP contribution in [0.15, 0.2) is 41.4 Å². The van der Waals surface area contributed by atoms with Gasteiger partial charge in [0.25, 0.3) is 6.43 Å². The standard InChI is InChI=1S/C23H23F4N7O3S/c1-34-8-6-14(33-34)12-3-4-15(17(9-12)38(2,36)37)28-16-10-18(30-23(35)13(11-25)5-7-24)29-21-19(16)31-22(32-21)20(26)27/h3-4,6,8-10,13,20H,5,7,11H2,1-2H3,(H3,28,29,30,31,32,35)/t13-/m0/s1. The third kappa shape index (κ3) is 5.77. The monoisotopic (exact) mass is 553 g/mol. The number of alkyl halides is 4. The van der Waals surface area contributed by atoms with Crippen LogP contribution >= 0.6 is 0 Å². The summed E-state index contributed by atoms with van der Waals surface area (Å²) in [5.41, 5.74) is 1.01. The van der Waals surface area contributed by atoms with Crippen LogP contribution in [-0.2, 0) is 21.7 Å². The summed E-state index contributed by atoms with van der Waals surface area (Å²) in [6.07, 6.45) is -0.616. The summed E-state index contributed by atoms with van der Waals surface area (Å²) < 4.78 is 79.5. The Kier molecular flexibility index (Phi) is 7.66. The van der Waals surface area contributed by atoms with Crippen LogP contribution < -0.4 is 10.6 Å². The first-order valence-electron chi connectivity index (χ1n) is 11.2. The van der Waals surface area contributed by atoms with Crippen LogP contribution in [0, 0.1) is 5.92 Å². The van der Waals surface area contributed by atoms with E-state index in [9.17, 15) is 30.8 Å². The molecular formula is C23H23F4N7O3S. The number of imidazole rings is 1. The summed E-state index contributed by atoms with van der Waals surface area (Å²) in [6.45, 7) is -2.03. The lowest BCUT2D eigenvalue weighted by Crippen LogP contribution is -2.25. The van der Waals surface area contributed by atoms with Crippen molar-refractivity contribution in [1.29, 1.82) is 0 Å². The fourth-order valence-corrected chi connectivity index (χ4v) is 4.58. The van der Waals surface area contributed by atoms with Crippen molar-refractivity contribution in [1.82, 2.24) is 24.7 Å². The maximum absolute atomic E-state index is 13.4. The molecule has 3 N–H and O–H groups in total. The number of H-pyrrole nitrogens is 1. The van der Waals surface area contributed by atoms with Gasteiger partial charge in [-0.25, -0.2) is 27.2 Å². The van der Waals surface area contributed by atoms with Gasteiger partial charge < -0.3 is 15.6 Å². The molecule has 4 aromatic rings. The fourth-order valence-electron chi connectivity index (χ4n) is 3.72. The molecule has 1 amide bonds. The quantitative estimate of drug-likeness (QED) is 0.249. The molecule has 10 nitrogen and oxygen atoms in total. The maximum Gasteiger partial charge on any atom is 0.295 e. The van der Waals surface area contributed by atoms with E-state index < -0.39 is 47.3 Å². The Morgan fingerprint density at radius 3 is 2.50 bits per heavy atom. The summed E-state index contributed by atoms with van der Waals surface area (Å²) in [6, 6.07) is 7.48. The molecule has 4 rings (SSSR count). The zero-order valence-electron chi connectivity index (χ0n) is 20.2. The van der Waals surface area contributed by atoms with Gasteiger partial charge >= 0.3 is 0 Å². The highest BCUT2D eigenvalue weighted by Gasteiger charge is 2.23. The van der Waals surface area contributed by atoms with E-state index in [1.807, 2.05) is 0 Å². The van der Waals surface area contributed by atoms with Crippen molar-refractivity contribution in [3.05, 3.63) is 42.4 Å². The van der Waals surface area contributed by atoms with Crippen molar-refractivity contribution in [2.45, 2.75) is 17.7 Å². The number of aryl methyl sites for hydroxylation is 1. The third-order valence-corrected chi connectivity index (χ3v) is 6.75. The number of hydrogen-bond donors (Lipinski definition) is 3. The lowest BCUT2D eigenvalue weighted by Gasteiger charge is -2.15. The Hall–Kier alpha value is -4.01. The van der Waals surface area contributed by atoms with E-state index in [2.05, 4.69) is 30.7 Å². The molecule has 202 valence electrons. The zero-order valence-corrected chi connectivity index (χ0v) is 21.0.